The molecule has 0 atom stereocenters. The van der Waals surface area contributed by atoms with Gasteiger partial charge in [0.05, 0.1) is 6.10 Å². The summed E-state index contributed by atoms with van der Waals surface area (Å²) < 4.78 is 6.57. The molecule has 0 fully saturated rings. The molecule has 90 valence electrons. The molecule has 0 saturated heterocycles. The molecule has 2 aromatic rings. The van der Waals surface area contributed by atoms with Crippen LogP contribution in [0.15, 0.2) is 18.2 Å². The van der Waals surface area contributed by atoms with Crippen molar-refractivity contribution in [3.05, 3.63) is 28.1 Å². The molecule has 0 unspecified atom stereocenters. The average Bonchev–Trinajstić information content (AvgIpc) is 2.55. The zero-order valence-electron chi connectivity index (χ0n) is 9.49. The molecule has 2 N–H and O–H groups in total. The first-order valence-electron chi connectivity index (χ1n) is 5.17. The van der Waals surface area contributed by atoms with Crippen LogP contribution in [0.25, 0.3) is 10.1 Å². The lowest BCUT2D eigenvalue weighted by Crippen LogP contribution is -2.13. The Bertz CT molecular complexity index is 577. The van der Waals surface area contributed by atoms with Gasteiger partial charge in [0, 0.05) is 15.1 Å². The van der Waals surface area contributed by atoms with Gasteiger partial charge in [-0.3, -0.25) is 4.79 Å². The quantitative estimate of drug-likeness (QED) is 0.928. The molecule has 0 aliphatic heterocycles. The van der Waals surface area contributed by atoms with Gasteiger partial charge in [0.15, 0.2) is 5.75 Å². The number of carbonyl (C=O) groups excluding carboxylic acids is 1. The van der Waals surface area contributed by atoms with Crippen molar-refractivity contribution in [2.45, 2.75) is 20.0 Å². The van der Waals surface area contributed by atoms with Crippen molar-refractivity contribution >= 4 is 38.9 Å². The first kappa shape index (κ1) is 12.2. The van der Waals surface area contributed by atoms with Crippen LogP contribution in [0.5, 0.6) is 5.75 Å². The SMILES string of the molecule is CC(C)Oc1c(C(N)=O)sc2cc(Cl)ccc12. The highest BCUT2D eigenvalue weighted by molar-refractivity contribution is 7.21. The molecule has 0 spiro atoms. The number of carbonyl (C=O) groups is 1. The first-order valence-corrected chi connectivity index (χ1v) is 6.37. The standard InChI is InChI=1S/C12H12ClNO2S/c1-6(2)16-10-8-4-3-7(13)5-9(8)17-11(10)12(14)15/h3-6H,1-2H3,(H2,14,15). The number of ether oxygens (including phenoxy) is 1. The lowest BCUT2D eigenvalue weighted by molar-refractivity contribution is 0.0999. The number of fused-ring (bicyclic) bond motifs is 1. The minimum absolute atomic E-state index is 0.0124. The van der Waals surface area contributed by atoms with Gasteiger partial charge < -0.3 is 10.5 Å². The third-order valence-corrected chi connectivity index (χ3v) is 3.57. The highest BCUT2D eigenvalue weighted by Gasteiger charge is 2.18. The van der Waals surface area contributed by atoms with Crippen LogP contribution < -0.4 is 10.5 Å². The fourth-order valence-electron chi connectivity index (χ4n) is 1.56. The fourth-order valence-corrected chi connectivity index (χ4v) is 2.83. The summed E-state index contributed by atoms with van der Waals surface area (Å²) in [6, 6.07) is 5.42. The summed E-state index contributed by atoms with van der Waals surface area (Å²) >= 11 is 7.22. The van der Waals surface area contributed by atoms with Crippen LogP contribution in [0.2, 0.25) is 5.02 Å². The largest absolute Gasteiger partial charge is 0.489 e. The van der Waals surface area contributed by atoms with Crippen molar-refractivity contribution < 1.29 is 9.53 Å². The Morgan fingerprint density at radius 1 is 1.47 bits per heavy atom. The van der Waals surface area contributed by atoms with Crippen molar-refractivity contribution in [2.24, 2.45) is 5.73 Å². The van der Waals surface area contributed by atoms with Crippen LogP contribution in [0.4, 0.5) is 0 Å². The molecule has 0 bridgehead atoms. The number of hydrogen-bond acceptors (Lipinski definition) is 3. The third kappa shape index (κ3) is 2.37. The summed E-state index contributed by atoms with van der Waals surface area (Å²) in [5, 5.41) is 1.51. The summed E-state index contributed by atoms with van der Waals surface area (Å²) in [5.41, 5.74) is 5.35. The molecule has 0 radical (unpaired) electrons. The monoisotopic (exact) mass is 269 g/mol. The Balaban J connectivity index is 2.66. The first-order chi connectivity index (χ1) is 7.99. The van der Waals surface area contributed by atoms with Gasteiger partial charge in [-0.1, -0.05) is 11.6 Å². The molecule has 3 nitrogen and oxygen atoms in total. The highest BCUT2D eigenvalue weighted by atomic mass is 35.5. The number of benzene rings is 1. The minimum Gasteiger partial charge on any atom is -0.489 e. The average molecular weight is 270 g/mol. The molecule has 17 heavy (non-hydrogen) atoms. The molecule has 1 heterocycles. The Morgan fingerprint density at radius 2 is 2.18 bits per heavy atom. The van der Waals surface area contributed by atoms with E-state index in [-0.39, 0.29) is 6.10 Å². The van der Waals surface area contributed by atoms with Crippen molar-refractivity contribution in [3.8, 4) is 5.75 Å². The lowest BCUT2D eigenvalue weighted by Gasteiger charge is -2.09. The highest BCUT2D eigenvalue weighted by Crippen LogP contribution is 2.39. The number of rotatable bonds is 3. The van der Waals surface area contributed by atoms with E-state index in [1.807, 2.05) is 19.9 Å². The van der Waals surface area contributed by atoms with Gasteiger partial charge >= 0.3 is 0 Å². The van der Waals surface area contributed by atoms with E-state index in [9.17, 15) is 4.79 Å². The van der Waals surface area contributed by atoms with E-state index in [1.54, 1.807) is 12.1 Å². The number of amides is 1. The Labute approximate surface area is 108 Å². The molecule has 0 aliphatic rings. The molecular weight excluding hydrogens is 258 g/mol. The van der Waals surface area contributed by atoms with Crippen LogP contribution in [0.1, 0.15) is 23.5 Å². The zero-order valence-corrected chi connectivity index (χ0v) is 11.1. The van der Waals surface area contributed by atoms with Gasteiger partial charge in [-0.05, 0) is 32.0 Å². The predicted octanol–water partition coefficient (Wildman–Crippen LogP) is 3.44. The number of primary amides is 1. The van der Waals surface area contributed by atoms with Crippen molar-refractivity contribution in [3.63, 3.8) is 0 Å². The Morgan fingerprint density at radius 3 is 2.76 bits per heavy atom. The summed E-state index contributed by atoms with van der Waals surface area (Å²) in [7, 11) is 0. The van der Waals surface area contributed by atoms with Gasteiger partial charge in [-0.2, -0.15) is 0 Å². The van der Waals surface area contributed by atoms with Gasteiger partial charge in [0.1, 0.15) is 4.88 Å². The summed E-state index contributed by atoms with van der Waals surface area (Å²) in [6.45, 7) is 3.81. The molecule has 0 saturated carbocycles. The van der Waals surface area contributed by atoms with E-state index in [1.165, 1.54) is 11.3 Å². The van der Waals surface area contributed by atoms with E-state index in [4.69, 9.17) is 22.1 Å². The molecule has 1 aromatic carbocycles. The molecule has 5 heteroatoms. The summed E-state index contributed by atoms with van der Waals surface area (Å²) in [6.07, 6.45) is -0.0124. The Kier molecular flexibility index (Phi) is 3.26. The zero-order chi connectivity index (χ0) is 12.6. The van der Waals surface area contributed by atoms with Crippen LogP contribution in [-0.2, 0) is 0 Å². The predicted molar refractivity (Wildman–Crippen MR) is 71.1 cm³/mol. The fraction of sp³-hybridized carbons (Fsp3) is 0.250. The molecule has 1 amide bonds. The normalized spacial score (nSPS) is 11.1. The van der Waals surface area contributed by atoms with Crippen molar-refractivity contribution in [1.82, 2.24) is 0 Å². The van der Waals surface area contributed by atoms with E-state index < -0.39 is 5.91 Å². The summed E-state index contributed by atoms with van der Waals surface area (Å²) in [5.74, 6) is 0.0853. The van der Waals surface area contributed by atoms with Crippen LogP contribution in [0.3, 0.4) is 0 Å². The third-order valence-electron chi connectivity index (χ3n) is 2.18. The molecule has 1 aromatic heterocycles. The molecular formula is C12H12ClNO2S. The Hall–Kier alpha value is -1.26. The van der Waals surface area contributed by atoms with Crippen molar-refractivity contribution in [2.75, 3.05) is 0 Å². The second-order valence-corrected chi connectivity index (χ2v) is 5.42. The smallest absolute Gasteiger partial charge is 0.262 e. The van der Waals surface area contributed by atoms with E-state index in [0.29, 0.717) is 15.6 Å². The maximum absolute atomic E-state index is 11.4. The lowest BCUT2D eigenvalue weighted by atomic mass is 10.2. The van der Waals surface area contributed by atoms with Gasteiger partial charge in [0.2, 0.25) is 0 Å². The van der Waals surface area contributed by atoms with Crippen LogP contribution in [0, 0.1) is 0 Å². The number of hydrogen-bond donors (Lipinski definition) is 1. The summed E-state index contributed by atoms with van der Waals surface area (Å²) in [4.78, 5) is 11.8. The van der Waals surface area contributed by atoms with Gasteiger partial charge in [-0.15, -0.1) is 11.3 Å². The van der Waals surface area contributed by atoms with Gasteiger partial charge in [0.25, 0.3) is 5.91 Å². The van der Waals surface area contributed by atoms with E-state index >= 15 is 0 Å². The van der Waals surface area contributed by atoms with Gasteiger partial charge in [-0.25, -0.2) is 0 Å². The maximum atomic E-state index is 11.4. The van der Waals surface area contributed by atoms with Crippen molar-refractivity contribution in [1.29, 1.82) is 0 Å². The second kappa shape index (κ2) is 4.55. The second-order valence-electron chi connectivity index (χ2n) is 3.93. The molecule has 2 rings (SSSR count). The minimum atomic E-state index is -0.474. The van der Waals surface area contributed by atoms with E-state index in [0.717, 1.165) is 10.1 Å². The number of halogens is 1. The number of thiophene rings is 1. The topological polar surface area (TPSA) is 52.3 Å². The molecule has 0 aliphatic carbocycles. The number of nitrogens with two attached hydrogens (primary N) is 1. The van der Waals surface area contributed by atoms with Crippen LogP contribution in [-0.4, -0.2) is 12.0 Å². The maximum Gasteiger partial charge on any atom is 0.262 e. The van der Waals surface area contributed by atoms with E-state index in [2.05, 4.69) is 0 Å². The van der Waals surface area contributed by atoms with Crippen LogP contribution >= 0.6 is 22.9 Å².